The zero-order valence-electron chi connectivity index (χ0n) is 22.3. The molecule has 9 heteroatoms. The Hall–Kier alpha value is -2.68. The molecule has 1 aromatic heterocycles. The maximum absolute atomic E-state index is 12.7. The number of aromatic nitrogens is 2. The summed E-state index contributed by atoms with van der Waals surface area (Å²) in [4.78, 5) is 14.0. The summed E-state index contributed by atoms with van der Waals surface area (Å²) >= 11 is 6.36. The molecule has 0 spiro atoms. The summed E-state index contributed by atoms with van der Waals surface area (Å²) in [5.41, 5.74) is 5.55. The number of hydrogen-bond acceptors (Lipinski definition) is 7. The topological polar surface area (TPSA) is 78.4 Å². The van der Waals surface area contributed by atoms with Gasteiger partial charge in [-0.25, -0.2) is 18.4 Å². The zero-order chi connectivity index (χ0) is 26.8. The molecule has 4 rings (SSSR count). The van der Waals surface area contributed by atoms with E-state index in [1.54, 1.807) is 26.8 Å². The summed E-state index contributed by atoms with van der Waals surface area (Å²) in [7, 11) is -1.19. The van der Waals surface area contributed by atoms with Crippen LogP contribution >= 0.6 is 11.6 Å². The van der Waals surface area contributed by atoms with E-state index in [1.807, 2.05) is 25.3 Å². The molecule has 2 aromatic carbocycles. The minimum atomic E-state index is -3.35. The number of hydrogen-bond donors (Lipinski definition) is 1. The molecule has 2 heterocycles. The Morgan fingerprint density at radius 3 is 2.35 bits per heavy atom. The number of halogens is 1. The number of benzene rings is 2. The molecule has 3 aromatic rings. The summed E-state index contributed by atoms with van der Waals surface area (Å²) in [6, 6.07) is 13.9. The van der Waals surface area contributed by atoms with Crippen LogP contribution in [0.1, 0.15) is 43.2 Å². The highest BCUT2D eigenvalue weighted by Gasteiger charge is 2.29. The highest BCUT2D eigenvalue weighted by Crippen LogP contribution is 2.27. The Labute approximate surface area is 225 Å². The van der Waals surface area contributed by atoms with Gasteiger partial charge in [-0.15, -0.1) is 0 Å². The number of nitrogens with zero attached hydrogens (tertiary/aromatic N) is 4. The van der Waals surface area contributed by atoms with Crippen molar-refractivity contribution < 1.29 is 8.42 Å². The van der Waals surface area contributed by atoms with Gasteiger partial charge >= 0.3 is 0 Å². The van der Waals surface area contributed by atoms with Crippen LogP contribution < -0.4 is 10.2 Å². The van der Waals surface area contributed by atoms with Crippen LogP contribution in [-0.2, 0) is 22.0 Å². The Bertz CT molecular complexity index is 1350. The number of piperazine rings is 1. The first-order chi connectivity index (χ1) is 17.4. The van der Waals surface area contributed by atoms with Gasteiger partial charge < -0.3 is 15.1 Å². The Balaban J connectivity index is 1.48. The van der Waals surface area contributed by atoms with E-state index in [0.717, 1.165) is 48.7 Å². The van der Waals surface area contributed by atoms with Crippen LogP contribution in [0.5, 0.6) is 0 Å². The minimum Gasteiger partial charge on any atom is -0.369 e. The van der Waals surface area contributed by atoms with Crippen molar-refractivity contribution in [2.45, 2.75) is 44.6 Å². The third-order valence-corrected chi connectivity index (χ3v) is 9.75. The first kappa shape index (κ1) is 27.4. The van der Waals surface area contributed by atoms with Gasteiger partial charge in [0.15, 0.2) is 9.84 Å². The van der Waals surface area contributed by atoms with Gasteiger partial charge in [-0.3, -0.25) is 0 Å². The molecule has 1 aliphatic rings. The maximum Gasteiger partial charge on any atom is 0.227 e. The highest BCUT2D eigenvalue weighted by molar-refractivity contribution is 7.91. The van der Waals surface area contributed by atoms with Crippen LogP contribution in [0.2, 0.25) is 5.02 Å². The molecule has 0 amide bonds. The number of sulfone groups is 1. The molecule has 37 heavy (non-hydrogen) atoms. The summed E-state index contributed by atoms with van der Waals surface area (Å²) in [5.74, 6) is 0.431. The van der Waals surface area contributed by atoms with Crippen LogP contribution in [-0.4, -0.2) is 61.3 Å². The Kier molecular flexibility index (Phi) is 8.11. The predicted octanol–water partition coefficient (Wildman–Crippen LogP) is 5.24. The van der Waals surface area contributed by atoms with E-state index in [9.17, 15) is 8.42 Å². The van der Waals surface area contributed by atoms with Crippen LogP contribution in [0.4, 0.5) is 17.3 Å². The molecule has 1 saturated heterocycles. The van der Waals surface area contributed by atoms with Crippen molar-refractivity contribution in [2.75, 3.05) is 43.4 Å². The molecule has 0 aliphatic carbocycles. The second-order valence-electron chi connectivity index (χ2n) is 10.8. The molecule has 0 atom stereocenters. The first-order valence-electron chi connectivity index (χ1n) is 12.5. The molecule has 198 valence electrons. The van der Waals surface area contributed by atoms with Gasteiger partial charge in [-0.1, -0.05) is 23.7 Å². The standard InChI is InChI=1S/C28H36ClN5O2S/c1-20-18-30-27(31-23-7-9-24(10-8-23)34-14-12-33(5)13-15-34)32-26(20)17-21-6-11-25(29)22(16-21)19-37(35,36)28(2,3)4/h6-11,16,18H,12-15,17,19H2,1-5H3,(H,30,31,32). The summed E-state index contributed by atoms with van der Waals surface area (Å²) in [5, 5.41) is 3.77. The van der Waals surface area contributed by atoms with E-state index in [0.29, 0.717) is 23.0 Å². The van der Waals surface area contributed by atoms with Crippen molar-refractivity contribution in [3.63, 3.8) is 0 Å². The lowest BCUT2D eigenvalue weighted by atomic mass is 10.0. The van der Waals surface area contributed by atoms with Crippen molar-refractivity contribution >= 4 is 38.8 Å². The molecule has 0 saturated carbocycles. The number of aryl methyl sites for hydroxylation is 1. The smallest absolute Gasteiger partial charge is 0.227 e. The van der Waals surface area contributed by atoms with E-state index in [2.05, 4.69) is 51.4 Å². The number of rotatable bonds is 7. The van der Waals surface area contributed by atoms with Gasteiger partial charge in [0.05, 0.1) is 16.2 Å². The van der Waals surface area contributed by atoms with Crippen molar-refractivity contribution in [1.82, 2.24) is 14.9 Å². The third-order valence-electron chi connectivity index (χ3n) is 6.83. The van der Waals surface area contributed by atoms with Crippen LogP contribution in [0.3, 0.4) is 0 Å². The second kappa shape index (κ2) is 11.0. The van der Waals surface area contributed by atoms with Crippen molar-refractivity contribution in [1.29, 1.82) is 0 Å². The van der Waals surface area contributed by atoms with E-state index in [-0.39, 0.29) is 5.75 Å². The highest BCUT2D eigenvalue weighted by atomic mass is 35.5. The number of likely N-dealkylation sites (N-methyl/N-ethyl adjacent to an activating group) is 1. The van der Waals surface area contributed by atoms with Crippen molar-refractivity contribution in [3.8, 4) is 0 Å². The van der Waals surface area contributed by atoms with Crippen molar-refractivity contribution in [2.24, 2.45) is 0 Å². The molecule has 7 nitrogen and oxygen atoms in total. The lowest BCUT2D eigenvalue weighted by Gasteiger charge is -2.34. The Morgan fingerprint density at radius 2 is 1.70 bits per heavy atom. The van der Waals surface area contributed by atoms with E-state index < -0.39 is 14.6 Å². The fourth-order valence-electron chi connectivity index (χ4n) is 4.13. The first-order valence-corrected chi connectivity index (χ1v) is 14.6. The average Bonchev–Trinajstić information content (AvgIpc) is 2.83. The molecular formula is C28H36ClN5O2S. The molecule has 0 unspecified atom stereocenters. The third kappa shape index (κ3) is 6.80. The van der Waals surface area contributed by atoms with Gasteiger partial charge in [0.1, 0.15) is 0 Å². The van der Waals surface area contributed by atoms with Crippen molar-refractivity contribution in [3.05, 3.63) is 76.1 Å². The quantitative estimate of drug-likeness (QED) is 0.438. The fourth-order valence-corrected chi connectivity index (χ4v) is 5.47. The van der Waals surface area contributed by atoms with Gasteiger partial charge in [0.25, 0.3) is 0 Å². The summed E-state index contributed by atoms with van der Waals surface area (Å²) in [6.45, 7) is 11.3. The van der Waals surface area contributed by atoms with Gasteiger partial charge in [0, 0.05) is 55.2 Å². The van der Waals surface area contributed by atoms with Crippen LogP contribution in [0.25, 0.3) is 0 Å². The lowest BCUT2D eigenvalue weighted by Crippen LogP contribution is -2.44. The lowest BCUT2D eigenvalue weighted by molar-refractivity contribution is 0.313. The molecule has 0 bridgehead atoms. The van der Waals surface area contributed by atoms with Crippen LogP contribution in [0.15, 0.2) is 48.7 Å². The van der Waals surface area contributed by atoms with Crippen LogP contribution in [0, 0.1) is 6.92 Å². The number of nitrogens with one attached hydrogen (secondary N) is 1. The average molecular weight is 542 g/mol. The molecule has 1 aliphatic heterocycles. The van der Waals surface area contributed by atoms with E-state index >= 15 is 0 Å². The number of anilines is 3. The second-order valence-corrected chi connectivity index (χ2v) is 13.9. The normalized spacial score (nSPS) is 15.1. The SMILES string of the molecule is Cc1cnc(Nc2ccc(N3CCN(C)CC3)cc2)nc1Cc1ccc(Cl)c(CS(=O)(=O)C(C)(C)C)c1. The maximum atomic E-state index is 12.7. The van der Waals surface area contributed by atoms with E-state index in [4.69, 9.17) is 16.6 Å². The molecule has 1 fully saturated rings. The molecule has 1 N–H and O–H groups in total. The fraction of sp³-hybridized carbons (Fsp3) is 0.429. The van der Waals surface area contributed by atoms with Gasteiger partial charge in [-0.2, -0.15) is 0 Å². The molecular weight excluding hydrogens is 506 g/mol. The molecule has 0 radical (unpaired) electrons. The predicted molar refractivity (Wildman–Crippen MR) is 153 cm³/mol. The summed E-state index contributed by atoms with van der Waals surface area (Å²) < 4.78 is 24.6. The largest absolute Gasteiger partial charge is 0.369 e. The summed E-state index contributed by atoms with van der Waals surface area (Å²) in [6.07, 6.45) is 2.36. The monoisotopic (exact) mass is 541 g/mol. The minimum absolute atomic E-state index is 0.0944. The Morgan fingerprint density at radius 1 is 1.03 bits per heavy atom. The zero-order valence-corrected chi connectivity index (χ0v) is 23.8. The van der Waals surface area contributed by atoms with Gasteiger partial charge in [-0.05, 0) is 81.8 Å². The van der Waals surface area contributed by atoms with E-state index in [1.165, 1.54) is 5.69 Å². The van der Waals surface area contributed by atoms with Gasteiger partial charge in [0.2, 0.25) is 5.95 Å².